The molecule has 6 heteroatoms. The van der Waals surface area contributed by atoms with Gasteiger partial charge in [-0.15, -0.1) is 0 Å². The molecule has 1 rings (SSSR count). The highest BCUT2D eigenvalue weighted by Gasteiger charge is 2.16. The summed E-state index contributed by atoms with van der Waals surface area (Å²) in [6.45, 7) is -0.413. The maximum Gasteiger partial charge on any atom is 0.182 e. The molecular weight excluding hydrogens is 192 g/mol. The van der Waals surface area contributed by atoms with Gasteiger partial charge in [0, 0.05) is 6.20 Å². The minimum Gasteiger partial charge on any atom is -0.396 e. The quantitative estimate of drug-likeness (QED) is 0.684. The van der Waals surface area contributed by atoms with Gasteiger partial charge < -0.3 is 10.8 Å². The van der Waals surface area contributed by atoms with E-state index in [0.717, 1.165) is 0 Å². The Morgan fingerprint density at radius 2 is 2.23 bits per heavy atom. The third kappa shape index (κ3) is 2.16. The number of anilines is 1. The number of aliphatic hydroxyl groups is 1. The number of nitrogen functional groups attached to an aromatic ring is 1. The Morgan fingerprint density at radius 3 is 2.77 bits per heavy atom. The second kappa shape index (κ2) is 3.71. The van der Waals surface area contributed by atoms with Crippen LogP contribution in [0.3, 0.4) is 0 Å². The molecule has 0 aliphatic heterocycles. The van der Waals surface area contributed by atoms with Crippen LogP contribution in [0.5, 0.6) is 0 Å². The number of hydrogen-bond acceptors (Lipinski definition) is 5. The molecule has 0 saturated heterocycles. The molecule has 0 radical (unpaired) electrons. The minimum absolute atomic E-state index is 0.0246. The van der Waals surface area contributed by atoms with E-state index < -0.39 is 16.4 Å². The van der Waals surface area contributed by atoms with E-state index in [9.17, 15) is 8.42 Å². The first-order valence-electron chi connectivity index (χ1n) is 3.61. The molecule has 0 fully saturated rings. The van der Waals surface area contributed by atoms with Gasteiger partial charge in [-0.3, -0.25) is 4.98 Å². The molecule has 5 nitrogen and oxygen atoms in total. The number of nitrogens with zero attached hydrogens (tertiary/aromatic N) is 1. The van der Waals surface area contributed by atoms with Crippen molar-refractivity contribution in [1.29, 1.82) is 0 Å². The van der Waals surface area contributed by atoms with E-state index in [1.165, 1.54) is 18.5 Å². The fraction of sp³-hybridized carbons (Fsp3) is 0.286. The van der Waals surface area contributed by atoms with E-state index in [-0.39, 0.29) is 16.3 Å². The van der Waals surface area contributed by atoms with Crippen molar-refractivity contribution >= 4 is 15.5 Å². The molecular formula is C7H10N2O3S. The van der Waals surface area contributed by atoms with Crippen LogP contribution in [0, 0.1) is 0 Å². The van der Waals surface area contributed by atoms with E-state index in [1.807, 2.05) is 0 Å². The highest BCUT2D eigenvalue weighted by atomic mass is 32.2. The second-order valence-electron chi connectivity index (χ2n) is 2.46. The number of pyridine rings is 1. The van der Waals surface area contributed by atoms with Crippen LogP contribution < -0.4 is 5.73 Å². The average molecular weight is 202 g/mol. The Balaban J connectivity index is 3.15. The zero-order valence-corrected chi connectivity index (χ0v) is 7.66. The third-order valence-corrected chi connectivity index (χ3v) is 3.27. The molecule has 0 unspecified atom stereocenters. The van der Waals surface area contributed by atoms with E-state index in [1.54, 1.807) is 0 Å². The molecule has 0 saturated carbocycles. The molecule has 1 heterocycles. The van der Waals surface area contributed by atoms with Gasteiger partial charge in [-0.05, 0) is 6.07 Å². The molecule has 0 amide bonds. The Morgan fingerprint density at radius 1 is 1.54 bits per heavy atom. The number of sulfone groups is 1. The molecule has 13 heavy (non-hydrogen) atoms. The van der Waals surface area contributed by atoms with Crippen LogP contribution in [0.2, 0.25) is 0 Å². The highest BCUT2D eigenvalue weighted by Crippen LogP contribution is 2.16. The predicted octanol–water partition coefficient (Wildman–Crippen LogP) is -0.570. The Bertz CT molecular complexity index is 388. The van der Waals surface area contributed by atoms with Crippen LogP contribution in [-0.4, -0.2) is 30.9 Å². The van der Waals surface area contributed by atoms with Gasteiger partial charge in [-0.1, -0.05) is 0 Å². The van der Waals surface area contributed by atoms with Crippen molar-refractivity contribution in [1.82, 2.24) is 4.98 Å². The van der Waals surface area contributed by atoms with Gasteiger partial charge in [0.2, 0.25) is 0 Å². The van der Waals surface area contributed by atoms with Crippen molar-refractivity contribution in [2.75, 3.05) is 18.1 Å². The molecule has 0 spiro atoms. The van der Waals surface area contributed by atoms with Crippen LogP contribution in [-0.2, 0) is 9.84 Å². The van der Waals surface area contributed by atoms with Gasteiger partial charge in [-0.25, -0.2) is 8.42 Å². The lowest BCUT2D eigenvalue weighted by Crippen LogP contribution is -2.12. The van der Waals surface area contributed by atoms with Gasteiger partial charge in [0.1, 0.15) is 0 Å². The number of hydrogen-bond donors (Lipinski definition) is 2. The smallest absolute Gasteiger partial charge is 0.182 e. The lowest BCUT2D eigenvalue weighted by atomic mass is 10.4. The van der Waals surface area contributed by atoms with Crippen molar-refractivity contribution in [2.24, 2.45) is 0 Å². The lowest BCUT2D eigenvalue weighted by Gasteiger charge is -2.04. The summed E-state index contributed by atoms with van der Waals surface area (Å²) in [5.74, 6) is -0.318. The van der Waals surface area contributed by atoms with Gasteiger partial charge in [0.15, 0.2) is 9.84 Å². The largest absolute Gasteiger partial charge is 0.396 e. The zero-order chi connectivity index (χ0) is 9.90. The normalized spacial score (nSPS) is 11.5. The molecule has 1 aromatic heterocycles. The SMILES string of the molecule is Nc1cnccc1S(=O)(=O)CCO. The number of nitrogens with two attached hydrogens (primary N) is 1. The van der Waals surface area contributed by atoms with Crippen molar-refractivity contribution < 1.29 is 13.5 Å². The molecule has 0 atom stereocenters. The number of aliphatic hydroxyl groups excluding tert-OH is 1. The van der Waals surface area contributed by atoms with E-state index >= 15 is 0 Å². The first-order chi connectivity index (χ1) is 6.08. The molecule has 0 aromatic carbocycles. The van der Waals surface area contributed by atoms with Crippen molar-refractivity contribution in [2.45, 2.75) is 4.90 Å². The van der Waals surface area contributed by atoms with Crippen molar-refractivity contribution in [3.8, 4) is 0 Å². The molecule has 0 aliphatic carbocycles. The Hall–Kier alpha value is -1.14. The molecule has 1 aromatic rings. The fourth-order valence-electron chi connectivity index (χ4n) is 0.907. The first kappa shape index (κ1) is 9.94. The highest BCUT2D eigenvalue weighted by molar-refractivity contribution is 7.91. The average Bonchev–Trinajstić information content (AvgIpc) is 2.04. The van der Waals surface area contributed by atoms with Crippen LogP contribution in [0.15, 0.2) is 23.4 Å². The van der Waals surface area contributed by atoms with E-state index in [4.69, 9.17) is 10.8 Å². The summed E-state index contributed by atoms with van der Waals surface area (Å²) in [6.07, 6.45) is 2.62. The maximum absolute atomic E-state index is 11.4. The number of rotatable bonds is 3. The fourth-order valence-corrected chi connectivity index (χ4v) is 2.05. The summed E-state index contributed by atoms with van der Waals surface area (Å²) in [7, 11) is -3.46. The molecule has 3 N–H and O–H groups in total. The van der Waals surface area contributed by atoms with Crippen LogP contribution in [0.25, 0.3) is 0 Å². The topological polar surface area (TPSA) is 93.3 Å². The monoisotopic (exact) mass is 202 g/mol. The van der Waals surface area contributed by atoms with Crippen molar-refractivity contribution in [3.63, 3.8) is 0 Å². The Kier molecular flexibility index (Phi) is 2.84. The molecule has 0 aliphatic rings. The van der Waals surface area contributed by atoms with Crippen LogP contribution in [0.1, 0.15) is 0 Å². The summed E-state index contributed by atoms with van der Waals surface area (Å²) in [4.78, 5) is 3.69. The number of aromatic nitrogens is 1. The summed E-state index contributed by atoms with van der Waals surface area (Å²) in [6, 6.07) is 1.32. The third-order valence-electron chi connectivity index (χ3n) is 1.51. The summed E-state index contributed by atoms with van der Waals surface area (Å²) < 4.78 is 22.8. The van der Waals surface area contributed by atoms with E-state index in [0.29, 0.717) is 0 Å². The summed E-state index contributed by atoms with van der Waals surface area (Å²) in [5, 5.41) is 8.52. The molecule has 72 valence electrons. The van der Waals surface area contributed by atoms with Gasteiger partial charge in [0.05, 0.1) is 29.1 Å². The Labute approximate surface area is 76.1 Å². The van der Waals surface area contributed by atoms with Crippen LogP contribution in [0.4, 0.5) is 5.69 Å². The summed E-state index contributed by atoms with van der Waals surface area (Å²) >= 11 is 0. The van der Waals surface area contributed by atoms with E-state index in [2.05, 4.69) is 4.98 Å². The second-order valence-corrected chi connectivity index (χ2v) is 4.53. The first-order valence-corrected chi connectivity index (χ1v) is 5.26. The molecule has 0 bridgehead atoms. The predicted molar refractivity (Wildman–Crippen MR) is 47.8 cm³/mol. The lowest BCUT2D eigenvalue weighted by molar-refractivity contribution is 0.319. The van der Waals surface area contributed by atoms with Gasteiger partial charge in [0.25, 0.3) is 0 Å². The maximum atomic E-state index is 11.4. The zero-order valence-electron chi connectivity index (χ0n) is 6.84. The van der Waals surface area contributed by atoms with Crippen LogP contribution >= 0.6 is 0 Å². The minimum atomic E-state index is -3.46. The summed E-state index contributed by atoms with van der Waals surface area (Å²) in [5.41, 5.74) is 5.52. The van der Waals surface area contributed by atoms with Gasteiger partial charge in [-0.2, -0.15) is 0 Å². The standard InChI is InChI=1S/C7H10N2O3S/c8-6-5-9-2-1-7(6)13(11,12)4-3-10/h1-2,5,10H,3-4,8H2. The van der Waals surface area contributed by atoms with Crippen molar-refractivity contribution in [3.05, 3.63) is 18.5 Å². The van der Waals surface area contributed by atoms with Gasteiger partial charge >= 0.3 is 0 Å².